The van der Waals surface area contributed by atoms with E-state index >= 15 is 0 Å². The summed E-state index contributed by atoms with van der Waals surface area (Å²) in [5.74, 6) is -1.15. The Morgan fingerprint density at radius 3 is 2.32 bits per heavy atom. The first-order valence-corrected chi connectivity index (χ1v) is 7.78. The summed E-state index contributed by atoms with van der Waals surface area (Å²) in [5.41, 5.74) is -4.71. The Bertz CT molecular complexity index is 583. The third kappa shape index (κ3) is 5.30. The SMILES string of the molecule is CC[C@H](OS(=O)(=O)C(F)(F)F)C(=O)OCCc1ccccc1. The molecule has 0 saturated carbocycles. The fourth-order valence-electron chi connectivity index (χ4n) is 1.49. The second-order valence-corrected chi connectivity index (χ2v) is 5.86. The van der Waals surface area contributed by atoms with Crippen molar-refractivity contribution in [3.05, 3.63) is 35.9 Å². The summed E-state index contributed by atoms with van der Waals surface area (Å²) in [6, 6.07) is 8.94. The number of hydrogen-bond acceptors (Lipinski definition) is 5. The van der Waals surface area contributed by atoms with Crippen molar-refractivity contribution in [3.63, 3.8) is 0 Å². The van der Waals surface area contributed by atoms with Crippen molar-refractivity contribution >= 4 is 16.1 Å². The molecule has 1 atom stereocenters. The molecule has 0 spiro atoms. The molecule has 0 saturated heterocycles. The van der Waals surface area contributed by atoms with Crippen molar-refractivity contribution in [2.75, 3.05) is 6.61 Å². The number of carbonyl (C=O) groups is 1. The van der Waals surface area contributed by atoms with E-state index < -0.39 is 27.7 Å². The number of benzene rings is 1. The highest BCUT2D eigenvalue weighted by Crippen LogP contribution is 2.26. The summed E-state index contributed by atoms with van der Waals surface area (Å²) in [6.07, 6.45) is -1.73. The zero-order valence-corrected chi connectivity index (χ0v) is 12.5. The molecule has 5 nitrogen and oxygen atoms in total. The minimum Gasteiger partial charge on any atom is -0.463 e. The Hall–Kier alpha value is -1.61. The number of halogens is 3. The van der Waals surface area contributed by atoms with Crippen molar-refractivity contribution in [2.24, 2.45) is 0 Å². The van der Waals surface area contributed by atoms with Gasteiger partial charge in [0.25, 0.3) is 0 Å². The van der Waals surface area contributed by atoms with Crippen LogP contribution in [0.1, 0.15) is 18.9 Å². The molecule has 1 rings (SSSR count). The largest absolute Gasteiger partial charge is 0.523 e. The minimum absolute atomic E-state index is 0.0885. The van der Waals surface area contributed by atoms with Crippen LogP contribution >= 0.6 is 0 Å². The lowest BCUT2D eigenvalue weighted by atomic mass is 10.2. The lowest BCUT2D eigenvalue weighted by Crippen LogP contribution is -2.35. The van der Waals surface area contributed by atoms with Crippen LogP contribution in [-0.2, 0) is 30.3 Å². The smallest absolute Gasteiger partial charge is 0.463 e. The van der Waals surface area contributed by atoms with Crippen LogP contribution in [0.4, 0.5) is 13.2 Å². The van der Waals surface area contributed by atoms with E-state index in [2.05, 4.69) is 4.18 Å². The maximum absolute atomic E-state index is 12.2. The first-order chi connectivity index (χ1) is 10.2. The van der Waals surface area contributed by atoms with Crippen LogP contribution in [0.15, 0.2) is 30.3 Å². The highest BCUT2D eigenvalue weighted by molar-refractivity contribution is 7.87. The van der Waals surface area contributed by atoms with E-state index in [0.29, 0.717) is 6.42 Å². The Kier molecular flexibility index (Phi) is 6.36. The second-order valence-electron chi connectivity index (χ2n) is 4.30. The van der Waals surface area contributed by atoms with Gasteiger partial charge < -0.3 is 4.74 Å². The van der Waals surface area contributed by atoms with E-state index in [1.54, 1.807) is 30.3 Å². The van der Waals surface area contributed by atoms with Crippen LogP contribution in [-0.4, -0.2) is 32.6 Å². The molecule has 0 aliphatic carbocycles. The van der Waals surface area contributed by atoms with Gasteiger partial charge in [-0.3, -0.25) is 0 Å². The molecule has 0 aliphatic heterocycles. The average Bonchev–Trinajstić information content (AvgIpc) is 2.44. The van der Waals surface area contributed by atoms with Gasteiger partial charge in [0.15, 0.2) is 6.10 Å². The van der Waals surface area contributed by atoms with Gasteiger partial charge in [-0.1, -0.05) is 37.3 Å². The van der Waals surface area contributed by atoms with E-state index in [-0.39, 0.29) is 13.0 Å². The van der Waals surface area contributed by atoms with Crippen LogP contribution in [0, 0.1) is 0 Å². The van der Waals surface area contributed by atoms with E-state index in [1.165, 1.54) is 6.92 Å². The molecular formula is C13H15F3O5S. The Morgan fingerprint density at radius 1 is 1.23 bits per heavy atom. The average molecular weight is 340 g/mol. The molecule has 0 bridgehead atoms. The number of alkyl halides is 3. The molecule has 0 aromatic heterocycles. The molecule has 0 N–H and O–H groups in total. The van der Waals surface area contributed by atoms with E-state index in [4.69, 9.17) is 4.74 Å². The van der Waals surface area contributed by atoms with Crippen molar-refractivity contribution in [2.45, 2.75) is 31.4 Å². The van der Waals surface area contributed by atoms with Gasteiger partial charge in [0.05, 0.1) is 6.61 Å². The lowest BCUT2D eigenvalue weighted by Gasteiger charge is -2.16. The molecule has 0 fully saturated rings. The van der Waals surface area contributed by atoms with Crippen LogP contribution in [0.25, 0.3) is 0 Å². The van der Waals surface area contributed by atoms with E-state index in [1.807, 2.05) is 0 Å². The number of hydrogen-bond donors (Lipinski definition) is 0. The third-order valence-corrected chi connectivity index (χ3v) is 3.69. The fraction of sp³-hybridized carbons (Fsp3) is 0.462. The first kappa shape index (κ1) is 18.4. The highest BCUT2D eigenvalue weighted by atomic mass is 32.2. The quantitative estimate of drug-likeness (QED) is 0.433. The van der Waals surface area contributed by atoms with Gasteiger partial charge in [-0.05, 0) is 12.0 Å². The van der Waals surface area contributed by atoms with Gasteiger partial charge in [-0.25, -0.2) is 8.98 Å². The third-order valence-electron chi connectivity index (χ3n) is 2.64. The molecule has 0 aliphatic rings. The zero-order chi connectivity index (χ0) is 16.8. The minimum atomic E-state index is -5.83. The van der Waals surface area contributed by atoms with Crippen LogP contribution in [0.2, 0.25) is 0 Å². The van der Waals surface area contributed by atoms with Crippen molar-refractivity contribution in [1.82, 2.24) is 0 Å². The van der Waals surface area contributed by atoms with Crippen molar-refractivity contribution < 1.29 is 35.3 Å². The van der Waals surface area contributed by atoms with Crippen LogP contribution < -0.4 is 0 Å². The number of esters is 1. The molecular weight excluding hydrogens is 325 g/mol. The second kappa shape index (κ2) is 7.59. The maximum atomic E-state index is 12.2. The summed E-state index contributed by atoms with van der Waals surface area (Å²) in [5, 5.41) is 0. The predicted octanol–water partition coefficient (Wildman–Crippen LogP) is 2.42. The van der Waals surface area contributed by atoms with Crippen molar-refractivity contribution in [3.8, 4) is 0 Å². The standard InChI is InChI=1S/C13H15F3O5S/c1-2-11(21-22(18,19)13(14,15)16)12(17)20-9-8-10-6-4-3-5-7-10/h3-7,11H,2,8-9H2,1H3/t11-/m0/s1. The van der Waals surface area contributed by atoms with Gasteiger partial charge in [0.2, 0.25) is 0 Å². The number of ether oxygens (including phenoxy) is 1. The summed E-state index contributed by atoms with van der Waals surface area (Å²) in [6.45, 7) is 1.23. The van der Waals surface area contributed by atoms with Gasteiger partial charge in [-0.2, -0.15) is 21.6 Å². The van der Waals surface area contributed by atoms with Gasteiger partial charge in [0, 0.05) is 6.42 Å². The summed E-state index contributed by atoms with van der Waals surface area (Å²) >= 11 is 0. The van der Waals surface area contributed by atoms with Gasteiger partial charge in [0.1, 0.15) is 0 Å². The number of carbonyl (C=O) groups excluding carboxylic acids is 1. The molecule has 0 heterocycles. The normalized spacial score (nSPS) is 13.6. The van der Waals surface area contributed by atoms with Crippen LogP contribution in [0.5, 0.6) is 0 Å². The predicted molar refractivity (Wildman–Crippen MR) is 71.2 cm³/mol. The van der Waals surface area contributed by atoms with E-state index in [9.17, 15) is 26.4 Å². The highest BCUT2D eigenvalue weighted by Gasteiger charge is 2.49. The molecule has 9 heteroatoms. The van der Waals surface area contributed by atoms with Crippen LogP contribution in [0.3, 0.4) is 0 Å². The van der Waals surface area contributed by atoms with Gasteiger partial charge in [-0.15, -0.1) is 0 Å². The monoisotopic (exact) mass is 340 g/mol. The Balaban J connectivity index is 2.55. The lowest BCUT2D eigenvalue weighted by molar-refractivity contribution is -0.152. The Morgan fingerprint density at radius 2 is 1.82 bits per heavy atom. The van der Waals surface area contributed by atoms with Crippen molar-refractivity contribution in [1.29, 1.82) is 0 Å². The molecule has 1 aromatic rings. The maximum Gasteiger partial charge on any atom is 0.523 e. The van der Waals surface area contributed by atoms with Gasteiger partial charge >= 0.3 is 21.6 Å². The molecule has 1 aromatic carbocycles. The summed E-state index contributed by atoms with van der Waals surface area (Å²) in [7, 11) is -5.83. The Labute approximate surface area is 126 Å². The topological polar surface area (TPSA) is 69.7 Å². The molecule has 0 radical (unpaired) electrons. The zero-order valence-electron chi connectivity index (χ0n) is 11.7. The first-order valence-electron chi connectivity index (χ1n) is 6.37. The van der Waals surface area contributed by atoms with E-state index in [0.717, 1.165) is 5.56 Å². The molecule has 22 heavy (non-hydrogen) atoms. The number of rotatable bonds is 7. The fourth-order valence-corrected chi connectivity index (χ4v) is 2.12. The molecule has 0 amide bonds. The molecule has 124 valence electrons. The summed E-state index contributed by atoms with van der Waals surface area (Å²) in [4.78, 5) is 11.6. The summed E-state index contributed by atoms with van der Waals surface area (Å²) < 4.78 is 67.0. The molecule has 0 unspecified atom stereocenters.